The maximum atomic E-state index is 12.8. The first-order valence-electron chi connectivity index (χ1n) is 8.58. The van der Waals surface area contributed by atoms with E-state index in [0.29, 0.717) is 17.1 Å². The minimum Gasteiger partial charge on any atom is -0.493 e. The third kappa shape index (κ3) is 3.95. The van der Waals surface area contributed by atoms with E-state index in [9.17, 15) is 9.59 Å². The molecule has 140 valence electrons. The van der Waals surface area contributed by atoms with Crippen LogP contribution in [0, 0.1) is 6.92 Å². The number of carbonyl (C=O) groups is 2. The summed E-state index contributed by atoms with van der Waals surface area (Å²) in [5.74, 6) is 0.0714. The maximum absolute atomic E-state index is 12.8. The lowest BCUT2D eigenvalue weighted by atomic mass is 10.0. The Morgan fingerprint density at radius 1 is 1.04 bits per heavy atom. The summed E-state index contributed by atoms with van der Waals surface area (Å²) in [4.78, 5) is 28.1. The highest BCUT2D eigenvalue weighted by atomic mass is 16.6. The molecule has 0 radical (unpaired) electrons. The molecule has 1 atom stereocenters. The van der Waals surface area contributed by atoms with Crippen molar-refractivity contribution in [3.05, 3.63) is 59.8 Å². The van der Waals surface area contributed by atoms with Gasteiger partial charge >= 0.3 is 5.97 Å². The molecule has 0 aliphatic heterocycles. The molecule has 6 nitrogen and oxygen atoms in total. The lowest BCUT2D eigenvalue weighted by molar-refractivity contribution is -0.148. The molecule has 2 aromatic carbocycles. The number of para-hydroxylation sites is 3. The zero-order valence-electron chi connectivity index (χ0n) is 15.4. The predicted octanol–water partition coefficient (Wildman–Crippen LogP) is 3.68. The van der Waals surface area contributed by atoms with Crippen LogP contribution in [0.4, 0.5) is 0 Å². The normalized spacial score (nSPS) is 11.8. The summed E-state index contributed by atoms with van der Waals surface area (Å²) < 4.78 is 15.9. The Kier molecular flexibility index (Phi) is 5.45. The topological polar surface area (TPSA) is 77.6 Å². The number of ether oxygens (including phenoxy) is 3. The third-order valence-corrected chi connectivity index (χ3v) is 4.23. The van der Waals surface area contributed by atoms with Gasteiger partial charge in [0.05, 0.1) is 7.11 Å². The van der Waals surface area contributed by atoms with Crippen molar-refractivity contribution in [2.24, 2.45) is 0 Å². The molecule has 0 saturated carbocycles. The molecule has 0 aliphatic rings. The van der Waals surface area contributed by atoms with Crippen LogP contribution in [-0.4, -0.2) is 36.6 Å². The quantitative estimate of drug-likeness (QED) is 0.509. The van der Waals surface area contributed by atoms with Crippen molar-refractivity contribution in [2.75, 3.05) is 13.7 Å². The van der Waals surface area contributed by atoms with E-state index in [1.54, 1.807) is 31.2 Å². The van der Waals surface area contributed by atoms with Gasteiger partial charge in [-0.3, -0.25) is 4.79 Å². The monoisotopic (exact) mass is 367 g/mol. The van der Waals surface area contributed by atoms with Crippen LogP contribution in [0.25, 0.3) is 10.9 Å². The summed E-state index contributed by atoms with van der Waals surface area (Å²) in [6, 6.07) is 14.5. The standard InChI is InChI=1S/C21H21NO5/c1-13-20(15-8-4-5-9-16(15)22-13)21(24)14(2)27-19(23)12-26-18-11-7-6-10-17(18)25-3/h4-11,14,22H,12H2,1-3H3/t14-/m0/s1. The Bertz CT molecular complexity index is 976. The SMILES string of the molecule is COc1ccccc1OCC(=O)O[C@@H](C)C(=O)c1c(C)[nH]c2ccccc12. The van der Waals surface area contributed by atoms with Gasteiger partial charge in [-0.2, -0.15) is 0 Å². The number of H-pyrrole nitrogens is 1. The minimum atomic E-state index is -0.920. The van der Waals surface area contributed by atoms with E-state index in [-0.39, 0.29) is 12.4 Å². The zero-order valence-corrected chi connectivity index (χ0v) is 15.4. The van der Waals surface area contributed by atoms with E-state index in [4.69, 9.17) is 14.2 Å². The van der Waals surface area contributed by atoms with Gasteiger partial charge in [0.1, 0.15) is 0 Å². The van der Waals surface area contributed by atoms with Gasteiger partial charge in [0, 0.05) is 22.2 Å². The molecule has 0 amide bonds. The Morgan fingerprint density at radius 2 is 1.70 bits per heavy atom. The fraction of sp³-hybridized carbons (Fsp3) is 0.238. The maximum Gasteiger partial charge on any atom is 0.344 e. The third-order valence-electron chi connectivity index (χ3n) is 4.23. The van der Waals surface area contributed by atoms with E-state index in [0.717, 1.165) is 16.6 Å². The smallest absolute Gasteiger partial charge is 0.344 e. The second-order valence-corrected chi connectivity index (χ2v) is 6.11. The van der Waals surface area contributed by atoms with Crippen molar-refractivity contribution >= 4 is 22.7 Å². The van der Waals surface area contributed by atoms with Gasteiger partial charge in [0.25, 0.3) is 0 Å². The molecule has 0 fully saturated rings. The Labute approximate surface area is 157 Å². The second kappa shape index (κ2) is 7.95. The van der Waals surface area contributed by atoms with Gasteiger partial charge in [-0.15, -0.1) is 0 Å². The van der Waals surface area contributed by atoms with Crippen LogP contribution in [0.5, 0.6) is 11.5 Å². The second-order valence-electron chi connectivity index (χ2n) is 6.11. The number of Topliss-reactive ketones (excluding diaryl/α,β-unsaturated/α-hetero) is 1. The van der Waals surface area contributed by atoms with Crippen molar-refractivity contribution in [1.29, 1.82) is 0 Å². The van der Waals surface area contributed by atoms with Crippen molar-refractivity contribution in [3.8, 4) is 11.5 Å². The molecule has 1 N–H and O–H groups in total. The molecule has 0 aliphatic carbocycles. The average Bonchev–Trinajstić information content (AvgIpc) is 3.01. The highest BCUT2D eigenvalue weighted by molar-refractivity contribution is 6.11. The highest BCUT2D eigenvalue weighted by Gasteiger charge is 2.24. The minimum absolute atomic E-state index is 0.254. The molecular formula is C21H21NO5. The van der Waals surface area contributed by atoms with Gasteiger partial charge < -0.3 is 19.2 Å². The van der Waals surface area contributed by atoms with Crippen LogP contribution >= 0.6 is 0 Å². The van der Waals surface area contributed by atoms with Crippen LogP contribution in [0.2, 0.25) is 0 Å². The number of hydrogen-bond donors (Lipinski definition) is 1. The molecular weight excluding hydrogens is 346 g/mol. The number of rotatable bonds is 7. The number of methoxy groups -OCH3 is 1. The molecule has 0 spiro atoms. The van der Waals surface area contributed by atoms with Gasteiger partial charge in [-0.1, -0.05) is 30.3 Å². The fourth-order valence-electron chi connectivity index (χ4n) is 2.96. The van der Waals surface area contributed by atoms with Gasteiger partial charge in [0.2, 0.25) is 5.78 Å². The first-order valence-corrected chi connectivity index (χ1v) is 8.58. The number of hydrogen-bond acceptors (Lipinski definition) is 5. The number of aromatic nitrogens is 1. The Balaban J connectivity index is 1.65. The zero-order chi connectivity index (χ0) is 19.4. The van der Waals surface area contributed by atoms with E-state index in [1.165, 1.54) is 7.11 Å². The molecule has 3 aromatic rings. The first kappa shape index (κ1) is 18.5. The lowest BCUT2D eigenvalue weighted by Crippen LogP contribution is -2.27. The number of nitrogens with one attached hydrogen (secondary N) is 1. The van der Waals surface area contributed by atoms with Crippen molar-refractivity contribution in [3.63, 3.8) is 0 Å². The number of esters is 1. The van der Waals surface area contributed by atoms with E-state index >= 15 is 0 Å². The molecule has 6 heteroatoms. The predicted molar refractivity (Wildman–Crippen MR) is 101 cm³/mol. The molecule has 3 rings (SSSR count). The fourth-order valence-corrected chi connectivity index (χ4v) is 2.96. The van der Waals surface area contributed by atoms with E-state index in [2.05, 4.69) is 4.98 Å². The summed E-state index contributed by atoms with van der Waals surface area (Å²) in [6.07, 6.45) is -0.920. The van der Waals surface area contributed by atoms with Crippen molar-refractivity contribution < 1.29 is 23.8 Å². The highest BCUT2D eigenvalue weighted by Crippen LogP contribution is 2.26. The number of aryl methyl sites for hydroxylation is 1. The van der Waals surface area contributed by atoms with E-state index in [1.807, 2.05) is 31.2 Å². The molecule has 1 heterocycles. The Hall–Kier alpha value is -3.28. The molecule has 0 bridgehead atoms. The Morgan fingerprint density at radius 3 is 2.44 bits per heavy atom. The lowest BCUT2D eigenvalue weighted by Gasteiger charge is -2.14. The van der Waals surface area contributed by atoms with Crippen LogP contribution in [0.3, 0.4) is 0 Å². The average molecular weight is 367 g/mol. The van der Waals surface area contributed by atoms with Crippen LogP contribution in [0.1, 0.15) is 23.0 Å². The number of aromatic amines is 1. The van der Waals surface area contributed by atoms with Crippen molar-refractivity contribution in [2.45, 2.75) is 20.0 Å². The molecule has 0 saturated heterocycles. The van der Waals surface area contributed by atoms with Crippen molar-refractivity contribution in [1.82, 2.24) is 4.98 Å². The van der Waals surface area contributed by atoms with Crippen LogP contribution < -0.4 is 9.47 Å². The van der Waals surface area contributed by atoms with E-state index < -0.39 is 12.1 Å². The molecule has 27 heavy (non-hydrogen) atoms. The molecule has 0 unspecified atom stereocenters. The van der Waals surface area contributed by atoms with Crippen LogP contribution in [-0.2, 0) is 9.53 Å². The summed E-state index contributed by atoms with van der Waals surface area (Å²) in [5.41, 5.74) is 2.15. The summed E-state index contributed by atoms with van der Waals surface area (Å²) >= 11 is 0. The van der Waals surface area contributed by atoms with Gasteiger partial charge in [-0.25, -0.2) is 4.79 Å². The number of ketones is 1. The summed E-state index contributed by atoms with van der Waals surface area (Å²) in [7, 11) is 1.52. The summed E-state index contributed by atoms with van der Waals surface area (Å²) in [5, 5.41) is 0.813. The van der Waals surface area contributed by atoms with Gasteiger partial charge in [-0.05, 0) is 32.0 Å². The van der Waals surface area contributed by atoms with Crippen LogP contribution in [0.15, 0.2) is 48.5 Å². The number of benzene rings is 2. The molecule has 1 aromatic heterocycles. The first-order chi connectivity index (χ1) is 13.0. The largest absolute Gasteiger partial charge is 0.493 e. The van der Waals surface area contributed by atoms with Gasteiger partial charge in [0.15, 0.2) is 24.2 Å². The summed E-state index contributed by atoms with van der Waals surface area (Å²) in [6.45, 7) is 3.07. The number of fused-ring (bicyclic) bond motifs is 1. The number of carbonyl (C=O) groups excluding carboxylic acids is 2.